The third kappa shape index (κ3) is 8.94. The van der Waals surface area contributed by atoms with E-state index in [-0.39, 0.29) is 48.7 Å². The third-order valence-electron chi connectivity index (χ3n) is 9.90. The second-order valence-electron chi connectivity index (χ2n) is 13.7. The zero-order chi connectivity index (χ0) is 38.0. The van der Waals surface area contributed by atoms with Crippen LogP contribution in [-0.4, -0.2) is 53.1 Å². The van der Waals surface area contributed by atoms with Crippen molar-refractivity contribution in [2.45, 2.75) is 101 Å². The quantitative estimate of drug-likeness (QED) is 0.147. The van der Waals surface area contributed by atoms with Crippen molar-refractivity contribution in [3.05, 3.63) is 105 Å². The average molecular weight is 740 g/mol. The first-order chi connectivity index (χ1) is 24.5. The highest BCUT2D eigenvalue weighted by molar-refractivity contribution is 6.03. The molecule has 0 radical (unpaired) electrons. The highest BCUT2D eigenvalue weighted by Crippen LogP contribution is 2.46. The SMILES string of the molecule is CCCC(CCC)N1CCc2c(C(=O)N[C@@H](Cc3cc(F)cc(F)c3)[C@@H](O)CNC3(c4cccc(C(F)(F)F)c4)CC3)cc(C(F)(F)F)cc2C1=O. The van der Waals surface area contributed by atoms with Crippen LogP contribution in [0.4, 0.5) is 35.1 Å². The summed E-state index contributed by atoms with van der Waals surface area (Å²) in [6, 6.07) is 7.20. The molecule has 0 unspecified atom stereocenters. The molecule has 0 saturated heterocycles. The van der Waals surface area contributed by atoms with E-state index in [4.69, 9.17) is 0 Å². The predicted octanol–water partition coefficient (Wildman–Crippen LogP) is 7.95. The van der Waals surface area contributed by atoms with E-state index >= 15 is 0 Å². The zero-order valence-electron chi connectivity index (χ0n) is 28.7. The minimum atomic E-state index is -4.91. The summed E-state index contributed by atoms with van der Waals surface area (Å²) in [6.07, 6.45) is -7.59. The van der Waals surface area contributed by atoms with Crippen LogP contribution in [0.25, 0.3) is 0 Å². The first kappa shape index (κ1) is 39.2. The Hall–Kier alpha value is -4.04. The van der Waals surface area contributed by atoms with Gasteiger partial charge in [0, 0.05) is 41.9 Å². The summed E-state index contributed by atoms with van der Waals surface area (Å²) in [5, 5.41) is 17.0. The highest BCUT2D eigenvalue weighted by Gasteiger charge is 2.46. The lowest BCUT2D eigenvalue weighted by Gasteiger charge is -2.36. The van der Waals surface area contributed by atoms with Gasteiger partial charge in [-0.3, -0.25) is 9.59 Å². The van der Waals surface area contributed by atoms with E-state index in [0.29, 0.717) is 43.4 Å². The Labute approximate surface area is 296 Å². The zero-order valence-corrected chi connectivity index (χ0v) is 28.7. The molecular weight excluding hydrogens is 698 g/mol. The molecule has 1 aliphatic carbocycles. The van der Waals surface area contributed by atoms with E-state index in [0.717, 1.165) is 43.2 Å². The Balaban J connectivity index is 1.45. The van der Waals surface area contributed by atoms with Gasteiger partial charge in [0.1, 0.15) is 11.6 Å². The summed E-state index contributed by atoms with van der Waals surface area (Å²) in [4.78, 5) is 29.2. The number of carbonyl (C=O) groups excluding carboxylic acids is 2. The highest BCUT2D eigenvalue weighted by atomic mass is 19.4. The summed E-state index contributed by atoms with van der Waals surface area (Å²) in [7, 11) is 0. The Kier molecular flexibility index (Phi) is 11.7. The first-order valence-electron chi connectivity index (χ1n) is 17.4. The van der Waals surface area contributed by atoms with E-state index in [2.05, 4.69) is 10.6 Å². The van der Waals surface area contributed by atoms with Gasteiger partial charge >= 0.3 is 12.4 Å². The van der Waals surface area contributed by atoms with Gasteiger partial charge in [0.25, 0.3) is 11.8 Å². The number of alkyl halides is 6. The Morgan fingerprint density at radius 3 is 2.12 bits per heavy atom. The van der Waals surface area contributed by atoms with E-state index in [1.165, 1.54) is 12.1 Å². The van der Waals surface area contributed by atoms with Crippen LogP contribution in [0.2, 0.25) is 0 Å². The summed E-state index contributed by atoms with van der Waals surface area (Å²) in [5.41, 5.74) is -3.17. The van der Waals surface area contributed by atoms with Crippen molar-refractivity contribution in [1.82, 2.24) is 15.5 Å². The second kappa shape index (κ2) is 15.5. The van der Waals surface area contributed by atoms with Crippen LogP contribution < -0.4 is 10.6 Å². The average Bonchev–Trinajstić information content (AvgIpc) is 3.87. The molecule has 2 amide bonds. The third-order valence-corrected chi connectivity index (χ3v) is 9.90. The minimum absolute atomic E-state index is 0.0237. The molecule has 282 valence electrons. The van der Waals surface area contributed by atoms with Crippen LogP contribution in [0.15, 0.2) is 54.6 Å². The number of rotatable bonds is 14. The molecular formula is C38H41F8N3O3. The summed E-state index contributed by atoms with van der Waals surface area (Å²) in [6.45, 7) is 3.77. The topological polar surface area (TPSA) is 81.7 Å². The lowest BCUT2D eigenvalue weighted by molar-refractivity contribution is -0.138. The summed E-state index contributed by atoms with van der Waals surface area (Å²) in [5.74, 6) is -3.53. The molecule has 14 heteroatoms. The van der Waals surface area contributed by atoms with Gasteiger partial charge in [-0.25, -0.2) is 8.78 Å². The fourth-order valence-electron chi connectivity index (χ4n) is 7.10. The second-order valence-corrected chi connectivity index (χ2v) is 13.7. The number of nitrogens with one attached hydrogen (secondary N) is 2. The fraction of sp³-hybridized carbons (Fsp3) is 0.474. The molecule has 3 aromatic carbocycles. The maximum atomic E-state index is 14.2. The molecule has 2 atom stereocenters. The van der Waals surface area contributed by atoms with E-state index in [9.17, 15) is 49.8 Å². The van der Waals surface area contributed by atoms with Crippen molar-refractivity contribution < 1.29 is 49.8 Å². The number of nitrogens with zero attached hydrogens (tertiary/aromatic N) is 1. The molecule has 0 aromatic heterocycles. The smallest absolute Gasteiger partial charge is 0.390 e. The first-order valence-corrected chi connectivity index (χ1v) is 17.4. The van der Waals surface area contributed by atoms with Crippen LogP contribution in [0.3, 0.4) is 0 Å². The van der Waals surface area contributed by atoms with Crippen LogP contribution in [0, 0.1) is 11.6 Å². The number of aliphatic hydroxyl groups is 1. The van der Waals surface area contributed by atoms with Gasteiger partial charge in [-0.2, -0.15) is 26.3 Å². The van der Waals surface area contributed by atoms with Crippen LogP contribution in [-0.2, 0) is 30.7 Å². The number of aliphatic hydroxyl groups excluding tert-OH is 1. The van der Waals surface area contributed by atoms with Crippen LogP contribution >= 0.6 is 0 Å². The summed E-state index contributed by atoms with van der Waals surface area (Å²) < 4.78 is 111. The molecule has 1 aliphatic heterocycles. The lowest BCUT2D eigenvalue weighted by atomic mass is 9.89. The number of fused-ring (bicyclic) bond motifs is 1. The maximum Gasteiger partial charge on any atom is 0.416 e. The molecule has 0 bridgehead atoms. The van der Waals surface area contributed by atoms with Gasteiger partial charge < -0.3 is 20.6 Å². The Morgan fingerprint density at radius 2 is 1.54 bits per heavy atom. The van der Waals surface area contributed by atoms with Crippen molar-refractivity contribution >= 4 is 11.8 Å². The molecule has 0 spiro atoms. The van der Waals surface area contributed by atoms with E-state index in [1.54, 1.807) is 4.90 Å². The normalized spacial score (nSPS) is 16.8. The molecule has 3 N–H and O–H groups in total. The van der Waals surface area contributed by atoms with Gasteiger partial charge in [0.2, 0.25) is 0 Å². The molecule has 1 fully saturated rings. The Morgan fingerprint density at radius 1 is 0.904 bits per heavy atom. The van der Waals surface area contributed by atoms with Gasteiger partial charge in [-0.1, -0.05) is 38.8 Å². The van der Waals surface area contributed by atoms with Gasteiger partial charge in [0.05, 0.1) is 23.3 Å². The molecule has 2 aliphatic rings. The molecule has 5 rings (SSSR count). The molecule has 1 saturated carbocycles. The van der Waals surface area contributed by atoms with Gasteiger partial charge in [-0.05, 0) is 91.6 Å². The monoisotopic (exact) mass is 739 g/mol. The fourth-order valence-corrected chi connectivity index (χ4v) is 7.10. The van der Waals surface area contributed by atoms with Crippen LogP contribution in [0.5, 0.6) is 0 Å². The molecule has 52 heavy (non-hydrogen) atoms. The molecule has 1 heterocycles. The van der Waals surface area contributed by atoms with Crippen molar-refractivity contribution in [2.24, 2.45) is 0 Å². The number of hydrogen-bond donors (Lipinski definition) is 3. The van der Waals surface area contributed by atoms with Crippen molar-refractivity contribution in [3.8, 4) is 0 Å². The predicted molar refractivity (Wildman–Crippen MR) is 177 cm³/mol. The van der Waals surface area contributed by atoms with Crippen molar-refractivity contribution in [3.63, 3.8) is 0 Å². The van der Waals surface area contributed by atoms with E-state index in [1.807, 2.05) is 13.8 Å². The molecule has 6 nitrogen and oxygen atoms in total. The largest absolute Gasteiger partial charge is 0.416 e. The minimum Gasteiger partial charge on any atom is -0.390 e. The standard InChI is InChI=1S/C38H41F8N3O3/c1-3-6-28(7-4-2)49-13-10-29-30(18-25(38(44,45)46)19-31(29)35(49)52)34(51)48-32(16-22-14-26(39)20-27(40)15-22)33(50)21-47-36(11-12-36)23-8-5-9-24(17-23)37(41,42)43/h5,8-9,14-15,17-20,28,32-33,47,50H,3-4,6-7,10-13,16,21H2,1-2H3,(H,48,51)/t32-,33-/m0/s1. The molecule has 3 aromatic rings. The van der Waals surface area contributed by atoms with Gasteiger partial charge in [0.15, 0.2) is 0 Å². The van der Waals surface area contributed by atoms with E-state index < -0.39 is 70.2 Å². The lowest BCUT2D eigenvalue weighted by Crippen LogP contribution is -2.50. The van der Waals surface area contributed by atoms with Crippen molar-refractivity contribution in [1.29, 1.82) is 0 Å². The Bertz CT molecular complexity index is 1750. The van der Waals surface area contributed by atoms with Crippen molar-refractivity contribution in [2.75, 3.05) is 13.1 Å². The number of amides is 2. The number of halogens is 8. The summed E-state index contributed by atoms with van der Waals surface area (Å²) >= 11 is 0. The van der Waals surface area contributed by atoms with Gasteiger partial charge in [-0.15, -0.1) is 0 Å². The number of hydrogen-bond acceptors (Lipinski definition) is 4. The maximum absolute atomic E-state index is 14.2. The number of carbonyl (C=O) groups is 2. The number of benzene rings is 3. The van der Waals surface area contributed by atoms with Crippen LogP contribution in [0.1, 0.15) is 101 Å².